The Morgan fingerprint density at radius 2 is 1.68 bits per heavy atom. The highest BCUT2D eigenvalue weighted by Gasteiger charge is 2.23. The van der Waals surface area contributed by atoms with Crippen molar-refractivity contribution in [3.8, 4) is 0 Å². The Bertz CT molecular complexity index is 558. The van der Waals surface area contributed by atoms with Gasteiger partial charge in [-0.2, -0.15) is 0 Å². The van der Waals surface area contributed by atoms with Crippen LogP contribution in [-0.2, 0) is 14.3 Å². The van der Waals surface area contributed by atoms with E-state index in [-0.39, 0.29) is 0 Å². The second kappa shape index (κ2) is 6.93. The van der Waals surface area contributed by atoms with E-state index in [1.807, 2.05) is 0 Å². The molecule has 22 heavy (non-hydrogen) atoms. The monoisotopic (exact) mass is 309 g/mol. The van der Waals surface area contributed by atoms with Gasteiger partial charge < -0.3 is 14.9 Å². The van der Waals surface area contributed by atoms with E-state index in [9.17, 15) is 14.4 Å². The maximum atomic E-state index is 11.6. The summed E-state index contributed by atoms with van der Waals surface area (Å²) in [5, 5.41) is 20.3. The van der Waals surface area contributed by atoms with E-state index in [4.69, 9.17) is 14.9 Å². The first-order chi connectivity index (χ1) is 10.1. The van der Waals surface area contributed by atoms with Crippen molar-refractivity contribution in [2.75, 3.05) is 5.32 Å². The standard InChI is InChI=1S/C15H19NO6/c1-15(2,3)22-14(21)16-10-6-4-9(5-7-10)11(13(19)20)8-12(17)18/h4-7,11H,8H2,1-3H3,(H,16,21)(H,17,18)(H,19,20). The minimum absolute atomic E-state index is 0.352. The van der Waals surface area contributed by atoms with Gasteiger partial charge in [-0.25, -0.2) is 4.79 Å². The third-order valence-electron chi connectivity index (χ3n) is 2.64. The lowest BCUT2D eigenvalue weighted by molar-refractivity contribution is -0.145. The van der Waals surface area contributed by atoms with Gasteiger partial charge in [0.15, 0.2) is 0 Å². The van der Waals surface area contributed by atoms with Gasteiger partial charge in [-0.1, -0.05) is 12.1 Å². The molecule has 0 aliphatic heterocycles. The third kappa shape index (κ3) is 5.82. The first-order valence-electron chi connectivity index (χ1n) is 6.63. The summed E-state index contributed by atoms with van der Waals surface area (Å²) in [6, 6.07) is 5.93. The molecule has 0 saturated heterocycles. The smallest absolute Gasteiger partial charge is 0.412 e. The van der Waals surface area contributed by atoms with E-state index in [1.165, 1.54) is 24.3 Å². The number of amides is 1. The summed E-state index contributed by atoms with van der Waals surface area (Å²) in [7, 11) is 0. The number of nitrogens with one attached hydrogen (secondary N) is 1. The molecular formula is C15H19NO6. The van der Waals surface area contributed by atoms with Crippen molar-refractivity contribution >= 4 is 23.7 Å². The van der Waals surface area contributed by atoms with Crippen LogP contribution in [0.25, 0.3) is 0 Å². The topological polar surface area (TPSA) is 113 Å². The van der Waals surface area contributed by atoms with Crippen LogP contribution < -0.4 is 5.32 Å². The Balaban J connectivity index is 2.79. The summed E-state index contributed by atoms with van der Waals surface area (Å²) >= 11 is 0. The molecule has 1 rings (SSSR count). The molecule has 0 heterocycles. The summed E-state index contributed by atoms with van der Waals surface area (Å²) in [5.41, 5.74) is 0.155. The molecule has 0 aliphatic carbocycles. The molecular weight excluding hydrogens is 290 g/mol. The lowest BCUT2D eigenvalue weighted by Crippen LogP contribution is -2.27. The van der Waals surface area contributed by atoms with Gasteiger partial charge in [-0.15, -0.1) is 0 Å². The second-order valence-electron chi connectivity index (χ2n) is 5.74. The number of carbonyl (C=O) groups is 3. The van der Waals surface area contributed by atoms with Gasteiger partial charge >= 0.3 is 18.0 Å². The fourth-order valence-corrected chi connectivity index (χ4v) is 1.74. The molecule has 1 atom stereocenters. The fraction of sp³-hybridized carbons (Fsp3) is 0.400. The van der Waals surface area contributed by atoms with Crippen LogP contribution >= 0.6 is 0 Å². The highest BCUT2D eigenvalue weighted by molar-refractivity contribution is 5.85. The molecule has 120 valence electrons. The Morgan fingerprint density at radius 1 is 1.14 bits per heavy atom. The molecule has 0 spiro atoms. The van der Waals surface area contributed by atoms with E-state index in [0.29, 0.717) is 11.3 Å². The predicted molar refractivity (Wildman–Crippen MR) is 78.9 cm³/mol. The molecule has 1 unspecified atom stereocenters. The summed E-state index contributed by atoms with van der Waals surface area (Å²) in [6.07, 6.45) is -1.13. The van der Waals surface area contributed by atoms with Crippen LogP contribution in [0.2, 0.25) is 0 Å². The van der Waals surface area contributed by atoms with Gasteiger partial charge in [0.25, 0.3) is 0 Å². The summed E-state index contributed by atoms with van der Waals surface area (Å²) in [4.78, 5) is 33.4. The molecule has 1 aromatic carbocycles. The molecule has 0 aliphatic rings. The number of benzene rings is 1. The molecule has 0 saturated carbocycles. The van der Waals surface area contributed by atoms with Crippen molar-refractivity contribution in [2.24, 2.45) is 0 Å². The predicted octanol–water partition coefficient (Wildman–Crippen LogP) is 2.68. The molecule has 0 radical (unpaired) electrons. The Hall–Kier alpha value is -2.57. The van der Waals surface area contributed by atoms with E-state index >= 15 is 0 Å². The minimum Gasteiger partial charge on any atom is -0.481 e. The van der Waals surface area contributed by atoms with E-state index in [1.54, 1.807) is 20.8 Å². The van der Waals surface area contributed by atoms with Gasteiger partial charge in [-0.05, 0) is 38.5 Å². The number of carbonyl (C=O) groups excluding carboxylic acids is 1. The largest absolute Gasteiger partial charge is 0.481 e. The van der Waals surface area contributed by atoms with Gasteiger partial charge in [0.1, 0.15) is 5.60 Å². The quantitative estimate of drug-likeness (QED) is 0.770. The molecule has 7 heteroatoms. The van der Waals surface area contributed by atoms with E-state index < -0.39 is 36.0 Å². The van der Waals surface area contributed by atoms with Crippen molar-refractivity contribution in [3.05, 3.63) is 29.8 Å². The molecule has 1 aromatic rings. The zero-order valence-electron chi connectivity index (χ0n) is 12.6. The second-order valence-corrected chi connectivity index (χ2v) is 5.74. The summed E-state index contributed by atoms with van der Waals surface area (Å²) in [5.74, 6) is -3.54. The number of carboxylic acids is 2. The summed E-state index contributed by atoms with van der Waals surface area (Å²) < 4.78 is 5.09. The molecule has 0 fully saturated rings. The van der Waals surface area contributed by atoms with E-state index in [0.717, 1.165) is 0 Å². The van der Waals surface area contributed by atoms with Crippen LogP contribution in [0.3, 0.4) is 0 Å². The average Bonchev–Trinajstić information content (AvgIpc) is 2.34. The first-order valence-corrected chi connectivity index (χ1v) is 6.63. The molecule has 0 bridgehead atoms. The maximum absolute atomic E-state index is 11.6. The van der Waals surface area contributed by atoms with Gasteiger partial charge in [0, 0.05) is 5.69 Å². The zero-order chi connectivity index (χ0) is 16.9. The number of hydrogen-bond acceptors (Lipinski definition) is 4. The number of rotatable bonds is 5. The van der Waals surface area contributed by atoms with Crippen LogP contribution in [0.15, 0.2) is 24.3 Å². The number of hydrogen-bond donors (Lipinski definition) is 3. The van der Waals surface area contributed by atoms with Crippen LogP contribution in [0, 0.1) is 0 Å². The number of anilines is 1. The van der Waals surface area contributed by atoms with Crippen LogP contribution in [-0.4, -0.2) is 33.8 Å². The van der Waals surface area contributed by atoms with E-state index in [2.05, 4.69) is 5.32 Å². The van der Waals surface area contributed by atoms with Gasteiger partial charge in [0.2, 0.25) is 0 Å². The maximum Gasteiger partial charge on any atom is 0.412 e. The highest BCUT2D eigenvalue weighted by Crippen LogP contribution is 2.22. The van der Waals surface area contributed by atoms with Gasteiger partial charge in [-0.3, -0.25) is 14.9 Å². The Morgan fingerprint density at radius 3 is 2.09 bits per heavy atom. The Labute approximate surface area is 127 Å². The average molecular weight is 309 g/mol. The highest BCUT2D eigenvalue weighted by atomic mass is 16.6. The Kier molecular flexibility index (Phi) is 5.50. The van der Waals surface area contributed by atoms with Gasteiger partial charge in [0.05, 0.1) is 12.3 Å². The van der Waals surface area contributed by atoms with Crippen molar-refractivity contribution in [1.29, 1.82) is 0 Å². The number of carboxylic acid groups (broad SMARTS) is 2. The molecule has 0 aromatic heterocycles. The van der Waals surface area contributed by atoms with Crippen LogP contribution in [0.1, 0.15) is 38.7 Å². The lowest BCUT2D eigenvalue weighted by Gasteiger charge is -2.19. The third-order valence-corrected chi connectivity index (χ3v) is 2.64. The minimum atomic E-state index is -1.21. The first kappa shape index (κ1) is 17.5. The normalized spacial score (nSPS) is 12.3. The van der Waals surface area contributed by atoms with Crippen LogP contribution in [0.4, 0.5) is 10.5 Å². The number of aliphatic carboxylic acids is 2. The molecule has 3 N–H and O–H groups in total. The van der Waals surface area contributed by atoms with Crippen molar-refractivity contribution in [1.82, 2.24) is 0 Å². The molecule has 7 nitrogen and oxygen atoms in total. The SMILES string of the molecule is CC(C)(C)OC(=O)Nc1ccc(C(CC(=O)O)C(=O)O)cc1. The fourth-order valence-electron chi connectivity index (χ4n) is 1.74. The van der Waals surface area contributed by atoms with Crippen LogP contribution in [0.5, 0.6) is 0 Å². The molecule has 1 amide bonds. The lowest BCUT2D eigenvalue weighted by atomic mass is 9.96. The van der Waals surface area contributed by atoms with Crippen molar-refractivity contribution in [2.45, 2.75) is 38.7 Å². The number of ether oxygens (including phenoxy) is 1. The van der Waals surface area contributed by atoms with Crippen molar-refractivity contribution < 1.29 is 29.3 Å². The van der Waals surface area contributed by atoms with Crippen molar-refractivity contribution in [3.63, 3.8) is 0 Å². The summed E-state index contributed by atoms with van der Waals surface area (Å²) in [6.45, 7) is 5.21. The zero-order valence-corrected chi connectivity index (χ0v) is 12.6.